The minimum Gasteiger partial charge on any atom is -0.480 e. The smallest absolute Gasteiger partial charge is 0.320 e. The highest BCUT2D eigenvalue weighted by Crippen LogP contribution is 2.21. The third kappa shape index (κ3) is 3.22. The van der Waals surface area contributed by atoms with Gasteiger partial charge < -0.3 is 10.8 Å². The number of rotatable bonds is 4. The van der Waals surface area contributed by atoms with Crippen LogP contribution in [0.5, 0.6) is 0 Å². The number of hydrogen-bond acceptors (Lipinski definition) is 3. The van der Waals surface area contributed by atoms with E-state index in [2.05, 4.69) is 6.07 Å². The maximum absolute atomic E-state index is 10.8. The molecule has 0 fully saturated rings. The van der Waals surface area contributed by atoms with Gasteiger partial charge in [0, 0.05) is 0 Å². The first-order valence-electron chi connectivity index (χ1n) is 6.18. The fraction of sp³-hybridized carbons (Fsp3) is 0.125. The van der Waals surface area contributed by atoms with Crippen molar-refractivity contribution < 1.29 is 9.90 Å². The first-order chi connectivity index (χ1) is 9.60. The minimum absolute atomic E-state index is 0.291. The summed E-state index contributed by atoms with van der Waals surface area (Å²) in [6.45, 7) is 0. The van der Waals surface area contributed by atoms with Gasteiger partial charge in [-0.2, -0.15) is 5.26 Å². The Morgan fingerprint density at radius 3 is 2.50 bits per heavy atom. The Bertz CT molecular complexity index is 657. The molecule has 4 heteroatoms. The summed E-state index contributed by atoms with van der Waals surface area (Å²) >= 11 is 0. The Balaban J connectivity index is 2.25. The van der Waals surface area contributed by atoms with Crippen molar-refractivity contribution in [2.45, 2.75) is 12.5 Å². The normalized spacial score (nSPS) is 11.6. The molecule has 0 heterocycles. The number of carboxylic acid groups (broad SMARTS) is 1. The second kappa shape index (κ2) is 6.00. The summed E-state index contributed by atoms with van der Waals surface area (Å²) in [6, 6.07) is 16.0. The van der Waals surface area contributed by atoms with E-state index in [0.717, 1.165) is 16.7 Å². The Hall–Kier alpha value is -2.64. The summed E-state index contributed by atoms with van der Waals surface area (Å²) in [5, 5.41) is 17.6. The minimum atomic E-state index is -1.01. The van der Waals surface area contributed by atoms with Crippen molar-refractivity contribution in [3.63, 3.8) is 0 Å². The van der Waals surface area contributed by atoms with Crippen LogP contribution in [0.25, 0.3) is 11.1 Å². The van der Waals surface area contributed by atoms with Crippen molar-refractivity contribution in [3.8, 4) is 17.2 Å². The van der Waals surface area contributed by atoms with E-state index in [9.17, 15) is 4.79 Å². The molecule has 0 aromatic heterocycles. The number of aliphatic carboxylic acids is 1. The van der Waals surface area contributed by atoms with Gasteiger partial charge in [-0.1, -0.05) is 36.4 Å². The van der Waals surface area contributed by atoms with Crippen molar-refractivity contribution in [3.05, 3.63) is 59.7 Å². The van der Waals surface area contributed by atoms with Crippen molar-refractivity contribution in [2.24, 2.45) is 5.73 Å². The van der Waals surface area contributed by atoms with Gasteiger partial charge in [0.2, 0.25) is 0 Å². The van der Waals surface area contributed by atoms with Crippen LogP contribution in [-0.4, -0.2) is 17.1 Å². The van der Waals surface area contributed by atoms with E-state index in [1.807, 2.05) is 36.4 Å². The molecule has 0 aliphatic rings. The third-order valence-corrected chi connectivity index (χ3v) is 3.05. The Kier molecular flexibility index (Phi) is 4.14. The Morgan fingerprint density at radius 1 is 1.20 bits per heavy atom. The molecular formula is C16H14N2O2. The molecule has 0 aliphatic carbocycles. The average molecular weight is 266 g/mol. The highest BCUT2D eigenvalue weighted by Gasteiger charge is 2.12. The number of hydrogen-bond donors (Lipinski definition) is 2. The predicted octanol–water partition coefficient (Wildman–Crippen LogP) is 2.18. The molecule has 0 saturated heterocycles. The number of nitrogens with zero attached hydrogens (tertiary/aromatic N) is 1. The van der Waals surface area contributed by atoms with Gasteiger partial charge in [-0.05, 0) is 35.2 Å². The molecule has 2 aromatic rings. The van der Waals surface area contributed by atoms with Crippen molar-refractivity contribution in [2.75, 3.05) is 0 Å². The molecule has 20 heavy (non-hydrogen) atoms. The lowest BCUT2D eigenvalue weighted by molar-refractivity contribution is -0.138. The van der Waals surface area contributed by atoms with Crippen LogP contribution in [0.2, 0.25) is 0 Å². The number of nitrogens with two attached hydrogens (primary N) is 1. The molecule has 2 aromatic carbocycles. The van der Waals surface area contributed by atoms with Gasteiger partial charge in [-0.25, -0.2) is 0 Å². The largest absolute Gasteiger partial charge is 0.480 e. The summed E-state index contributed by atoms with van der Waals surface area (Å²) in [7, 11) is 0. The second-order valence-electron chi connectivity index (χ2n) is 4.54. The molecule has 4 nitrogen and oxygen atoms in total. The predicted molar refractivity (Wildman–Crippen MR) is 75.9 cm³/mol. The summed E-state index contributed by atoms with van der Waals surface area (Å²) in [4.78, 5) is 10.8. The fourth-order valence-corrected chi connectivity index (χ4v) is 1.96. The van der Waals surface area contributed by atoms with E-state index >= 15 is 0 Å². The van der Waals surface area contributed by atoms with E-state index in [4.69, 9.17) is 16.1 Å². The first kappa shape index (κ1) is 13.8. The molecule has 1 atom stereocenters. The van der Waals surface area contributed by atoms with E-state index in [1.165, 1.54) is 0 Å². The lowest BCUT2D eigenvalue weighted by atomic mass is 9.99. The van der Waals surface area contributed by atoms with E-state index in [0.29, 0.717) is 12.0 Å². The van der Waals surface area contributed by atoms with Gasteiger partial charge in [0.05, 0.1) is 11.6 Å². The number of carboxylic acids is 1. The highest BCUT2D eigenvalue weighted by molar-refractivity contribution is 5.73. The molecule has 0 radical (unpaired) electrons. The monoisotopic (exact) mass is 266 g/mol. The molecule has 0 aliphatic heterocycles. The van der Waals surface area contributed by atoms with Crippen LogP contribution in [0.15, 0.2) is 48.5 Å². The average Bonchev–Trinajstić information content (AvgIpc) is 2.47. The van der Waals surface area contributed by atoms with Gasteiger partial charge in [0.25, 0.3) is 0 Å². The molecule has 100 valence electrons. The highest BCUT2D eigenvalue weighted by atomic mass is 16.4. The molecule has 1 unspecified atom stereocenters. The van der Waals surface area contributed by atoms with Gasteiger partial charge in [-0.3, -0.25) is 4.79 Å². The van der Waals surface area contributed by atoms with Gasteiger partial charge in [-0.15, -0.1) is 0 Å². The second-order valence-corrected chi connectivity index (χ2v) is 4.54. The van der Waals surface area contributed by atoms with E-state index in [1.54, 1.807) is 12.1 Å². The first-order valence-corrected chi connectivity index (χ1v) is 6.18. The van der Waals surface area contributed by atoms with Crippen LogP contribution in [0.1, 0.15) is 11.1 Å². The zero-order valence-electron chi connectivity index (χ0n) is 10.8. The maximum atomic E-state index is 10.8. The summed E-state index contributed by atoms with van der Waals surface area (Å²) in [5.41, 5.74) is 8.98. The molecule has 0 saturated carbocycles. The van der Waals surface area contributed by atoms with Crippen molar-refractivity contribution >= 4 is 5.97 Å². The Labute approximate surface area is 117 Å². The van der Waals surface area contributed by atoms with Gasteiger partial charge >= 0.3 is 5.97 Å². The van der Waals surface area contributed by atoms with Crippen LogP contribution in [0, 0.1) is 11.3 Å². The topological polar surface area (TPSA) is 87.1 Å². The Morgan fingerprint density at radius 2 is 1.90 bits per heavy atom. The van der Waals surface area contributed by atoms with E-state index in [-0.39, 0.29) is 0 Å². The third-order valence-electron chi connectivity index (χ3n) is 3.05. The molecule has 0 bridgehead atoms. The molecule has 3 N–H and O–H groups in total. The van der Waals surface area contributed by atoms with E-state index < -0.39 is 12.0 Å². The van der Waals surface area contributed by atoms with Crippen LogP contribution in [-0.2, 0) is 11.2 Å². The number of carbonyl (C=O) groups is 1. The number of nitriles is 1. The van der Waals surface area contributed by atoms with Crippen LogP contribution in [0.3, 0.4) is 0 Å². The maximum Gasteiger partial charge on any atom is 0.320 e. The lowest BCUT2D eigenvalue weighted by Crippen LogP contribution is -2.32. The van der Waals surface area contributed by atoms with Crippen LogP contribution in [0.4, 0.5) is 0 Å². The summed E-state index contributed by atoms with van der Waals surface area (Å²) in [6.07, 6.45) is 0.291. The molecule has 0 amide bonds. The fourth-order valence-electron chi connectivity index (χ4n) is 1.96. The number of benzene rings is 2. The standard InChI is InChI=1S/C16H14N2O2/c17-10-11-4-6-13(7-5-11)14-3-1-2-12(8-14)9-15(18)16(19)20/h1-8,15H,9,18H2,(H,19,20). The summed E-state index contributed by atoms with van der Waals surface area (Å²) in [5.74, 6) is -1.01. The summed E-state index contributed by atoms with van der Waals surface area (Å²) < 4.78 is 0. The SMILES string of the molecule is N#Cc1ccc(-c2cccc(CC(N)C(=O)O)c2)cc1. The van der Waals surface area contributed by atoms with Crippen molar-refractivity contribution in [1.82, 2.24) is 0 Å². The lowest BCUT2D eigenvalue weighted by Gasteiger charge is -2.08. The molecular weight excluding hydrogens is 252 g/mol. The van der Waals surface area contributed by atoms with Crippen LogP contribution >= 0.6 is 0 Å². The molecule has 0 spiro atoms. The quantitative estimate of drug-likeness (QED) is 0.887. The van der Waals surface area contributed by atoms with Gasteiger partial charge in [0.15, 0.2) is 0 Å². The van der Waals surface area contributed by atoms with Gasteiger partial charge in [0.1, 0.15) is 6.04 Å². The van der Waals surface area contributed by atoms with Crippen molar-refractivity contribution in [1.29, 1.82) is 5.26 Å². The molecule has 2 rings (SSSR count). The zero-order valence-corrected chi connectivity index (χ0v) is 10.8. The van der Waals surface area contributed by atoms with Crippen LogP contribution < -0.4 is 5.73 Å². The zero-order chi connectivity index (χ0) is 14.5.